The molecule has 0 spiro atoms. The van der Waals surface area contributed by atoms with Gasteiger partial charge in [0.05, 0.1) is 41.2 Å². The normalized spacial score (nSPS) is 11.4. The van der Waals surface area contributed by atoms with Gasteiger partial charge in [-0.1, -0.05) is 19.1 Å². The fraction of sp³-hybridized carbons (Fsp3) is 0.263. The van der Waals surface area contributed by atoms with Crippen LogP contribution in [0.3, 0.4) is 0 Å². The molecule has 8 heteroatoms. The van der Waals surface area contributed by atoms with Crippen LogP contribution in [0.15, 0.2) is 47.4 Å². The minimum absolute atomic E-state index is 0.188. The van der Waals surface area contributed by atoms with Crippen molar-refractivity contribution in [3.8, 4) is 11.5 Å². The zero-order valence-corrected chi connectivity index (χ0v) is 16.1. The molecule has 0 aliphatic heterocycles. The Bertz CT molecular complexity index is 852. The van der Waals surface area contributed by atoms with Gasteiger partial charge >= 0.3 is 5.97 Å². The van der Waals surface area contributed by atoms with Crippen molar-refractivity contribution in [1.29, 1.82) is 0 Å². The highest BCUT2D eigenvalue weighted by molar-refractivity contribution is 7.85. The standard InChI is InChI=1S/C19H21NO6S/c1-4-27(23)17-8-6-5-7-14(17)19(22)26-12-18(21)20-15-10-9-13(24-2)11-16(15)25-3/h5-11H,4,12H2,1-3H3,(H,20,21)/t27-/m1/s1. The number of esters is 1. The van der Waals surface area contributed by atoms with E-state index in [2.05, 4.69) is 5.32 Å². The lowest BCUT2D eigenvalue weighted by atomic mass is 10.2. The predicted molar refractivity (Wildman–Crippen MR) is 102 cm³/mol. The van der Waals surface area contributed by atoms with Crippen molar-refractivity contribution in [2.24, 2.45) is 0 Å². The minimum Gasteiger partial charge on any atom is -0.497 e. The van der Waals surface area contributed by atoms with Crippen molar-refractivity contribution in [1.82, 2.24) is 0 Å². The van der Waals surface area contributed by atoms with E-state index in [4.69, 9.17) is 14.2 Å². The highest BCUT2D eigenvalue weighted by atomic mass is 32.2. The molecule has 2 rings (SSSR count). The number of rotatable bonds is 8. The van der Waals surface area contributed by atoms with Gasteiger partial charge in [-0.05, 0) is 24.3 Å². The van der Waals surface area contributed by atoms with E-state index in [0.717, 1.165) is 0 Å². The van der Waals surface area contributed by atoms with Crippen LogP contribution in [0.2, 0.25) is 0 Å². The first-order valence-electron chi connectivity index (χ1n) is 8.16. The summed E-state index contributed by atoms with van der Waals surface area (Å²) in [6, 6.07) is 11.4. The molecule has 0 bridgehead atoms. The van der Waals surface area contributed by atoms with Gasteiger partial charge in [0, 0.05) is 11.8 Å². The number of ether oxygens (including phenoxy) is 3. The average Bonchev–Trinajstić information content (AvgIpc) is 2.71. The molecule has 1 amide bonds. The van der Waals surface area contributed by atoms with Gasteiger partial charge in [-0.3, -0.25) is 9.00 Å². The first-order chi connectivity index (χ1) is 13.0. The fourth-order valence-corrected chi connectivity index (χ4v) is 3.22. The molecule has 0 saturated heterocycles. The summed E-state index contributed by atoms with van der Waals surface area (Å²) in [5.74, 6) is 0.141. The summed E-state index contributed by atoms with van der Waals surface area (Å²) in [5.41, 5.74) is 0.611. The maximum atomic E-state index is 12.3. The molecule has 0 radical (unpaired) electrons. The number of hydrogen-bond donors (Lipinski definition) is 1. The second-order valence-electron chi connectivity index (χ2n) is 5.32. The van der Waals surface area contributed by atoms with Crippen LogP contribution in [0.4, 0.5) is 5.69 Å². The quantitative estimate of drug-likeness (QED) is 0.696. The Morgan fingerprint density at radius 3 is 2.48 bits per heavy atom. The van der Waals surface area contributed by atoms with Crippen molar-refractivity contribution < 1.29 is 28.0 Å². The lowest BCUT2D eigenvalue weighted by molar-refractivity contribution is -0.119. The number of hydrogen-bond acceptors (Lipinski definition) is 6. The number of amides is 1. The maximum Gasteiger partial charge on any atom is 0.339 e. The molecule has 0 fully saturated rings. The van der Waals surface area contributed by atoms with E-state index >= 15 is 0 Å². The zero-order valence-electron chi connectivity index (χ0n) is 15.3. The summed E-state index contributed by atoms with van der Waals surface area (Å²) in [7, 11) is 1.69. The van der Waals surface area contributed by atoms with Crippen molar-refractivity contribution in [3.05, 3.63) is 48.0 Å². The Morgan fingerprint density at radius 1 is 1.07 bits per heavy atom. The van der Waals surface area contributed by atoms with E-state index < -0.39 is 29.3 Å². The van der Waals surface area contributed by atoms with Gasteiger partial charge in [0.2, 0.25) is 0 Å². The van der Waals surface area contributed by atoms with Crippen molar-refractivity contribution in [3.63, 3.8) is 0 Å². The molecule has 1 N–H and O–H groups in total. The Morgan fingerprint density at radius 2 is 1.81 bits per heavy atom. The van der Waals surface area contributed by atoms with Crippen LogP contribution in [-0.2, 0) is 20.3 Å². The lowest BCUT2D eigenvalue weighted by Gasteiger charge is -2.12. The van der Waals surface area contributed by atoms with E-state index in [0.29, 0.717) is 27.8 Å². The highest BCUT2D eigenvalue weighted by Crippen LogP contribution is 2.28. The first kappa shape index (κ1) is 20.4. The largest absolute Gasteiger partial charge is 0.497 e. The SMILES string of the molecule is CC[S@@](=O)c1ccccc1C(=O)OCC(=O)Nc1ccc(OC)cc1OC. The smallest absolute Gasteiger partial charge is 0.339 e. The van der Waals surface area contributed by atoms with Crippen molar-refractivity contribution in [2.75, 3.05) is 31.9 Å². The lowest BCUT2D eigenvalue weighted by Crippen LogP contribution is -2.22. The predicted octanol–water partition coefficient (Wildman–Crippen LogP) is 2.63. The number of carbonyl (C=O) groups is 2. The molecule has 0 saturated carbocycles. The third-order valence-electron chi connectivity index (χ3n) is 3.63. The van der Waals surface area contributed by atoms with Crippen LogP contribution in [0.5, 0.6) is 11.5 Å². The molecule has 0 aromatic heterocycles. The Kier molecular flexibility index (Phi) is 7.36. The molecular formula is C19H21NO6S. The van der Waals surface area contributed by atoms with Crippen LogP contribution >= 0.6 is 0 Å². The van der Waals surface area contributed by atoms with Gasteiger partial charge in [-0.15, -0.1) is 0 Å². The van der Waals surface area contributed by atoms with Crippen LogP contribution in [0.1, 0.15) is 17.3 Å². The van der Waals surface area contributed by atoms with Gasteiger partial charge in [-0.25, -0.2) is 4.79 Å². The molecule has 27 heavy (non-hydrogen) atoms. The highest BCUT2D eigenvalue weighted by Gasteiger charge is 2.17. The second-order valence-corrected chi connectivity index (χ2v) is 7.03. The third kappa shape index (κ3) is 5.30. The number of carbonyl (C=O) groups excluding carboxylic acids is 2. The summed E-state index contributed by atoms with van der Waals surface area (Å²) in [5, 5.41) is 2.61. The van der Waals surface area contributed by atoms with Gasteiger partial charge in [0.25, 0.3) is 5.91 Å². The molecule has 0 aliphatic rings. The molecule has 0 unspecified atom stereocenters. The van der Waals surface area contributed by atoms with Gasteiger partial charge in [0.1, 0.15) is 11.5 Å². The summed E-state index contributed by atoms with van der Waals surface area (Å²) in [6.07, 6.45) is 0. The van der Waals surface area contributed by atoms with Crippen molar-refractivity contribution in [2.45, 2.75) is 11.8 Å². The molecule has 0 heterocycles. The molecule has 7 nitrogen and oxygen atoms in total. The van der Waals surface area contributed by atoms with E-state index in [1.807, 2.05) is 0 Å². The Balaban J connectivity index is 2.02. The van der Waals surface area contributed by atoms with E-state index in [-0.39, 0.29) is 5.56 Å². The number of benzene rings is 2. The maximum absolute atomic E-state index is 12.3. The summed E-state index contributed by atoms with van der Waals surface area (Å²) >= 11 is 0. The number of anilines is 1. The summed E-state index contributed by atoms with van der Waals surface area (Å²) in [6.45, 7) is 1.27. The van der Waals surface area contributed by atoms with Gasteiger partial charge in [0.15, 0.2) is 6.61 Å². The summed E-state index contributed by atoms with van der Waals surface area (Å²) < 4.78 is 27.4. The zero-order chi connectivity index (χ0) is 19.8. The monoisotopic (exact) mass is 391 g/mol. The Hall–Kier alpha value is -2.87. The fourth-order valence-electron chi connectivity index (χ4n) is 2.29. The van der Waals surface area contributed by atoms with Crippen LogP contribution in [-0.4, -0.2) is 42.7 Å². The van der Waals surface area contributed by atoms with E-state index in [1.165, 1.54) is 20.3 Å². The summed E-state index contributed by atoms with van der Waals surface area (Å²) in [4.78, 5) is 24.8. The van der Waals surface area contributed by atoms with Crippen LogP contribution in [0, 0.1) is 0 Å². The average molecular weight is 391 g/mol. The second kappa shape index (κ2) is 9.72. The topological polar surface area (TPSA) is 90.9 Å². The van der Waals surface area contributed by atoms with E-state index in [9.17, 15) is 13.8 Å². The van der Waals surface area contributed by atoms with Crippen molar-refractivity contribution >= 4 is 28.4 Å². The Labute approximate surface area is 160 Å². The molecule has 0 aliphatic carbocycles. The third-order valence-corrected chi connectivity index (χ3v) is 5.00. The minimum atomic E-state index is -1.31. The molecular weight excluding hydrogens is 370 g/mol. The van der Waals surface area contributed by atoms with Crippen LogP contribution in [0.25, 0.3) is 0 Å². The number of methoxy groups -OCH3 is 2. The molecule has 1 atom stereocenters. The molecule has 2 aromatic carbocycles. The first-order valence-corrected chi connectivity index (χ1v) is 9.48. The van der Waals surface area contributed by atoms with Gasteiger partial charge < -0.3 is 19.5 Å². The van der Waals surface area contributed by atoms with E-state index in [1.54, 1.807) is 43.3 Å². The van der Waals surface area contributed by atoms with Gasteiger partial charge in [-0.2, -0.15) is 0 Å². The molecule has 144 valence electrons. The molecule has 2 aromatic rings. The number of nitrogens with one attached hydrogen (secondary N) is 1. The van der Waals surface area contributed by atoms with Crippen LogP contribution < -0.4 is 14.8 Å².